The van der Waals surface area contributed by atoms with E-state index in [1.807, 2.05) is 24.3 Å². The van der Waals surface area contributed by atoms with E-state index in [1.165, 1.54) is 23.3 Å². The van der Waals surface area contributed by atoms with Crippen LogP contribution >= 0.6 is 11.3 Å². The van der Waals surface area contributed by atoms with Gasteiger partial charge in [0.1, 0.15) is 17.4 Å². The van der Waals surface area contributed by atoms with Crippen molar-refractivity contribution in [3.8, 4) is 10.6 Å². The number of anilines is 2. The van der Waals surface area contributed by atoms with E-state index in [9.17, 15) is 28.2 Å². The number of benzene rings is 1. The lowest BCUT2D eigenvalue weighted by molar-refractivity contribution is -0.115. The highest BCUT2D eigenvalue weighted by Gasteiger charge is 2.31. The lowest BCUT2D eigenvalue weighted by atomic mass is 10.1. The molecule has 2 aromatic heterocycles. The normalized spacial score (nSPS) is 13.3. The van der Waals surface area contributed by atoms with Crippen LogP contribution in [0.4, 0.5) is 29.7 Å². The summed E-state index contributed by atoms with van der Waals surface area (Å²) < 4.78 is 43.9. The number of thiazole rings is 1. The van der Waals surface area contributed by atoms with Crippen molar-refractivity contribution in [2.45, 2.75) is 38.1 Å². The summed E-state index contributed by atoms with van der Waals surface area (Å²) in [5.41, 5.74) is -0.395. The van der Waals surface area contributed by atoms with Gasteiger partial charge in [-0.1, -0.05) is 12.1 Å². The van der Waals surface area contributed by atoms with Crippen molar-refractivity contribution in [3.05, 3.63) is 30.0 Å². The van der Waals surface area contributed by atoms with Crippen LogP contribution in [0.3, 0.4) is 0 Å². The smallest absolute Gasteiger partial charge is 0.409 e. The second-order valence-corrected chi connectivity index (χ2v) is 9.51. The molecular weight excluding hydrogens is 513 g/mol. The molecule has 1 aromatic carbocycles. The van der Waals surface area contributed by atoms with Gasteiger partial charge in [-0.2, -0.15) is 18.2 Å². The van der Waals surface area contributed by atoms with Crippen LogP contribution in [0.2, 0.25) is 0 Å². The molecule has 1 amide bonds. The van der Waals surface area contributed by atoms with Crippen LogP contribution in [0.1, 0.15) is 25.0 Å². The summed E-state index contributed by atoms with van der Waals surface area (Å²) in [7, 11) is 2.85. The average molecular weight is 543 g/mol. The fourth-order valence-electron chi connectivity index (χ4n) is 3.57. The third kappa shape index (κ3) is 7.63. The van der Waals surface area contributed by atoms with Gasteiger partial charge in [0, 0.05) is 13.6 Å². The number of carbonyl (C=O) groups is 1. The zero-order valence-electron chi connectivity index (χ0n) is 20.6. The fourth-order valence-corrected chi connectivity index (χ4v) is 4.64. The van der Waals surface area contributed by atoms with E-state index >= 15 is 0 Å². The van der Waals surface area contributed by atoms with Crippen LogP contribution in [-0.4, -0.2) is 81.9 Å². The maximum Gasteiger partial charge on any atom is 0.409 e. The standard InChI is InChI=1S/C23H29F3N6O4S/c1-14-17(19-29-15-8-4-5-9-16(15)37-19)18(30-20(28-14)27-12-23(24,25)26)31-22(35,13-33)10-6-7-11-32(2)21(34)36-3/h4-5,8-9,33,35H,6-7,10-13H2,1-3H3,(H2,27,28,30,31). The lowest BCUT2D eigenvalue weighted by Crippen LogP contribution is -2.42. The molecule has 0 bridgehead atoms. The summed E-state index contributed by atoms with van der Waals surface area (Å²) in [6, 6.07) is 7.40. The number of para-hydroxylation sites is 1. The van der Waals surface area contributed by atoms with Gasteiger partial charge in [-0.15, -0.1) is 11.3 Å². The maximum absolute atomic E-state index is 12.8. The largest absolute Gasteiger partial charge is 0.453 e. The molecule has 0 radical (unpaired) electrons. The minimum Gasteiger partial charge on any atom is -0.453 e. The number of rotatable bonds is 11. The van der Waals surface area contributed by atoms with Gasteiger partial charge >= 0.3 is 12.3 Å². The minimum atomic E-state index is -4.49. The van der Waals surface area contributed by atoms with Crippen LogP contribution in [0.5, 0.6) is 0 Å². The first-order valence-corrected chi connectivity index (χ1v) is 12.2. The van der Waals surface area contributed by atoms with Gasteiger partial charge in [0.25, 0.3) is 0 Å². The number of aromatic nitrogens is 3. The molecule has 0 fully saturated rings. The highest BCUT2D eigenvalue weighted by Crippen LogP contribution is 2.37. The van der Waals surface area contributed by atoms with E-state index < -0.39 is 31.1 Å². The van der Waals surface area contributed by atoms with E-state index in [0.717, 1.165) is 10.2 Å². The van der Waals surface area contributed by atoms with Crippen LogP contribution in [0, 0.1) is 6.92 Å². The van der Waals surface area contributed by atoms with Gasteiger partial charge in [-0.3, -0.25) is 0 Å². The Kier molecular flexibility index (Phi) is 9.10. The van der Waals surface area contributed by atoms with E-state index in [0.29, 0.717) is 35.7 Å². The number of aryl methyl sites for hydroxylation is 1. The molecule has 3 aromatic rings. The number of carbonyl (C=O) groups excluding carboxylic acids is 1. The van der Waals surface area contributed by atoms with E-state index in [-0.39, 0.29) is 18.2 Å². The number of nitrogens with one attached hydrogen (secondary N) is 2. The number of unbranched alkanes of at least 4 members (excludes halogenated alkanes) is 1. The summed E-state index contributed by atoms with van der Waals surface area (Å²) in [4.78, 5) is 25.9. The molecule has 0 saturated carbocycles. The number of amides is 1. The predicted molar refractivity (Wildman–Crippen MR) is 134 cm³/mol. The SMILES string of the molecule is COC(=O)N(C)CCCCC(O)(CO)Nc1nc(NCC(F)(F)F)nc(C)c1-c1nc2ccccc2s1. The molecule has 1 unspecified atom stereocenters. The maximum atomic E-state index is 12.8. The monoisotopic (exact) mass is 542 g/mol. The van der Waals surface area contributed by atoms with Crippen molar-refractivity contribution in [3.63, 3.8) is 0 Å². The second kappa shape index (κ2) is 11.9. The second-order valence-electron chi connectivity index (χ2n) is 8.48. The van der Waals surface area contributed by atoms with Crippen LogP contribution < -0.4 is 10.6 Å². The Morgan fingerprint density at radius 2 is 1.92 bits per heavy atom. The van der Waals surface area contributed by atoms with Gasteiger partial charge < -0.3 is 30.5 Å². The molecule has 0 aliphatic heterocycles. The van der Waals surface area contributed by atoms with Crippen molar-refractivity contribution in [2.24, 2.45) is 0 Å². The number of hydrogen-bond acceptors (Lipinski definition) is 10. The molecule has 1 atom stereocenters. The number of halogens is 3. The number of aliphatic hydroxyl groups excluding tert-OH is 1. The number of hydrogen-bond donors (Lipinski definition) is 4. The van der Waals surface area contributed by atoms with Crippen molar-refractivity contribution in [2.75, 3.05) is 44.5 Å². The number of nitrogens with zero attached hydrogens (tertiary/aromatic N) is 4. The first kappa shape index (κ1) is 28.3. The number of ether oxygens (including phenoxy) is 1. The summed E-state index contributed by atoms with van der Waals surface area (Å²) in [5.74, 6) is -0.262. The molecule has 202 valence electrons. The highest BCUT2D eigenvalue weighted by molar-refractivity contribution is 7.21. The molecule has 4 N–H and O–H groups in total. The Balaban J connectivity index is 1.89. The van der Waals surface area contributed by atoms with Gasteiger partial charge in [0.2, 0.25) is 5.95 Å². The zero-order valence-corrected chi connectivity index (χ0v) is 21.4. The third-order valence-electron chi connectivity index (χ3n) is 5.48. The molecule has 3 rings (SSSR count). The zero-order chi connectivity index (χ0) is 27.2. The van der Waals surface area contributed by atoms with Gasteiger partial charge in [0.05, 0.1) is 35.2 Å². The molecule has 0 aliphatic carbocycles. The van der Waals surface area contributed by atoms with Crippen LogP contribution in [-0.2, 0) is 4.74 Å². The Bertz CT molecular complexity index is 1190. The summed E-state index contributed by atoms with van der Waals surface area (Å²) in [6.45, 7) is -0.0746. The topological polar surface area (TPSA) is 133 Å². The van der Waals surface area contributed by atoms with E-state index in [1.54, 1.807) is 14.0 Å². The number of fused-ring (bicyclic) bond motifs is 1. The molecular formula is C23H29F3N6O4S. The highest BCUT2D eigenvalue weighted by atomic mass is 32.1. The van der Waals surface area contributed by atoms with Crippen molar-refractivity contribution in [1.29, 1.82) is 0 Å². The van der Waals surface area contributed by atoms with Crippen molar-refractivity contribution >= 4 is 39.4 Å². The van der Waals surface area contributed by atoms with Gasteiger partial charge in [-0.05, 0) is 38.3 Å². The minimum absolute atomic E-state index is 0.0273. The first-order valence-electron chi connectivity index (χ1n) is 11.4. The average Bonchev–Trinajstić information content (AvgIpc) is 3.27. The van der Waals surface area contributed by atoms with Crippen molar-refractivity contribution < 1.29 is 32.9 Å². The van der Waals surface area contributed by atoms with Crippen LogP contribution in [0.25, 0.3) is 20.8 Å². The molecule has 10 nitrogen and oxygen atoms in total. The first-order chi connectivity index (χ1) is 17.4. The third-order valence-corrected chi connectivity index (χ3v) is 6.53. The quantitative estimate of drug-likeness (QED) is 0.210. The Morgan fingerprint density at radius 3 is 2.57 bits per heavy atom. The number of alkyl halides is 3. The molecule has 37 heavy (non-hydrogen) atoms. The van der Waals surface area contributed by atoms with E-state index in [2.05, 4.69) is 30.3 Å². The predicted octanol–water partition coefficient (Wildman–Crippen LogP) is 4.00. The molecule has 0 aliphatic rings. The number of methoxy groups -OCH3 is 1. The van der Waals surface area contributed by atoms with Crippen molar-refractivity contribution in [1.82, 2.24) is 19.9 Å². The Morgan fingerprint density at radius 1 is 1.19 bits per heavy atom. The molecule has 2 heterocycles. The molecule has 0 saturated heterocycles. The molecule has 14 heteroatoms. The summed E-state index contributed by atoms with van der Waals surface area (Å²) in [5, 5.41) is 26.6. The van der Waals surface area contributed by atoms with Gasteiger partial charge in [0.15, 0.2) is 5.72 Å². The molecule has 0 spiro atoms. The summed E-state index contributed by atoms with van der Waals surface area (Å²) in [6.07, 6.45) is -4.01. The van der Waals surface area contributed by atoms with Gasteiger partial charge in [-0.25, -0.2) is 14.8 Å². The van der Waals surface area contributed by atoms with E-state index in [4.69, 9.17) is 0 Å². The summed E-state index contributed by atoms with van der Waals surface area (Å²) >= 11 is 1.34. The Hall–Kier alpha value is -3.23. The van der Waals surface area contributed by atoms with Crippen LogP contribution in [0.15, 0.2) is 24.3 Å². The Labute approximate surface area is 215 Å². The fraction of sp³-hybridized carbons (Fsp3) is 0.478. The number of aliphatic hydroxyl groups is 2. The lowest BCUT2D eigenvalue weighted by Gasteiger charge is -2.29.